The molecule has 1 fully saturated rings. The lowest BCUT2D eigenvalue weighted by Crippen LogP contribution is -2.51. The molecule has 1 aliphatic rings. The first-order valence-electron chi connectivity index (χ1n) is 10.3. The van der Waals surface area contributed by atoms with E-state index in [1.807, 2.05) is 62.4 Å². The molecular formula is C24H26N4O3. The van der Waals surface area contributed by atoms with E-state index < -0.39 is 11.2 Å². The Morgan fingerprint density at radius 2 is 2.06 bits per heavy atom. The molecule has 3 N–H and O–H groups in total. The lowest BCUT2D eigenvalue weighted by molar-refractivity contribution is -0.127. The second-order valence-electron chi connectivity index (χ2n) is 8.10. The Hall–Kier alpha value is -3.45. The number of aryl methyl sites for hydroxylation is 1. The highest BCUT2D eigenvalue weighted by Gasteiger charge is 2.41. The maximum Gasteiger partial charge on any atom is 0.348 e. The monoisotopic (exact) mass is 418 g/mol. The second-order valence-corrected chi connectivity index (χ2v) is 8.10. The molecule has 0 saturated carbocycles. The summed E-state index contributed by atoms with van der Waals surface area (Å²) in [6.45, 7) is 5.10. The van der Waals surface area contributed by atoms with Gasteiger partial charge in [-0.2, -0.15) is 4.98 Å². The molecule has 0 spiro atoms. The molecule has 0 bridgehead atoms. The van der Waals surface area contributed by atoms with E-state index in [1.54, 1.807) is 6.20 Å². The first-order valence-corrected chi connectivity index (χ1v) is 10.3. The summed E-state index contributed by atoms with van der Waals surface area (Å²) in [6, 6.07) is 13.7. The third kappa shape index (κ3) is 4.09. The summed E-state index contributed by atoms with van der Waals surface area (Å²) in [5.41, 5.74) is 7.89. The summed E-state index contributed by atoms with van der Waals surface area (Å²) >= 11 is 0. The molecule has 7 heteroatoms. The zero-order chi connectivity index (χ0) is 22.0. The number of likely N-dealkylation sites (tertiary alicyclic amines) is 1. The summed E-state index contributed by atoms with van der Waals surface area (Å²) in [5.74, 6) is -0.316. The van der Waals surface area contributed by atoms with Crippen LogP contribution in [0, 0.1) is 6.92 Å². The molecular weight excluding hydrogens is 392 g/mol. The fourth-order valence-electron chi connectivity index (χ4n) is 4.13. The number of fused-ring (bicyclic) bond motifs is 1. The minimum atomic E-state index is -0.664. The van der Waals surface area contributed by atoms with Crippen LogP contribution in [0.2, 0.25) is 0 Å². The molecule has 1 amide bonds. The summed E-state index contributed by atoms with van der Waals surface area (Å²) in [7, 11) is 0. The Labute approximate surface area is 180 Å². The third-order valence-corrected chi connectivity index (χ3v) is 6.13. The van der Waals surface area contributed by atoms with Gasteiger partial charge in [-0.25, -0.2) is 4.79 Å². The summed E-state index contributed by atoms with van der Waals surface area (Å²) in [6.07, 6.45) is 5.21. The van der Waals surface area contributed by atoms with E-state index >= 15 is 0 Å². The Balaban J connectivity index is 1.59. The Bertz CT molecular complexity index is 1200. The lowest BCUT2D eigenvalue weighted by Gasteiger charge is -2.32. The topological polar surface area (TPSA) is 101 Å². The highest BCUT2D eigenvalue weighted by atomic mass is 16.4. The summed E-state index contributed by atoms with van der Waals surface area (Å²) < 4.78 is 5.40. The number of aromatic nitrogens is 1. The third-order valence-electron chi connectivity index (χ3n) is 6.13. The minimum absolute atomic E-state index is 0.137. The minimum Gasteiger partial charge on any atom is -0.388 e. The first kappa shape index (κ1) is 20.8. The van der Waals surface area contributed by atoms with Crippen LogP contribution in [0.4, 0.5) is 6.01 Å². The van der Waals surface area contributed by atoms with E-state index in [4.69, 9.17) is 10.2 Å². The Morgan fingerprint density at radius 1 is 1.29 bits per heavy atom. The standard InChI is InChI=1S/C24H26N4O3/c1-16-18(15-28-14-6-12-24(28,2)22(25)30)9-10-19-20(16)21(29)31-23(27-19)26-13-11-17-7-4-3-5-8-17/h3-5,7-11,13H,6,12,14-15H2,1-2H3,(H2,25,30)(H,26,27)/t24-/m0/s1. The van der Waals surface area contributed by atoms with Crippen molar-refractivity contribution in [3.8, 4) is 0 Å². The normalized spacial score (nSPS) is 19.3. The average molecular weight is 418 g/mol. The van der Waals surface area contributed by atoms with Gasteiger partial charge in [0, 0.05) is 12.7 Å². The van der Waals surface area contributed by atoms with E-state index in [1.165, 1.54) is 0 Å². The van der Waals surface area contributed by atoms with Crippen molar-refractivity contribution in [1.29, 1.82) is 0 Å². The van der Waals surface area contributed by atoms with E-state index in [2.05, 4.69) is 15.2 Å². The van der Waals surface area contributed by atoms with Gasteiger partial charge in [-0.05, 0) is 62.1 Å². The zero-order valence-corrected chi connectivity index (χ0v) is 17.7. The number of benzene rings is 2. The molecule has 1 atom stereocenters. The number of hydrogen-bond acceptors (Lipinski definition) is 6. The van der Waals surface area contributed by atoms with Gasteiger partial charge < -0.3 is 15.5 Å². The molecule has 4 rings (SSSR count). The van der Waals surface area contributed by atoms with Gasteiger partial charge in [0.05, 0.1) is 16.4 Å². The molecule has 1 aromatic heterocycles. The van der Waals surface area contributed by atoms with Gasteiger partial charge in [-0.3, -0.25) is 9.69 Å². The quantitative estimate of drug-likeness (QED) is 0.636. The molecule has 1 aliphatic heterocycles. The zero-order valence-electron chi connectivity index (χ0n) is 17.7. The van der Waals surface area contributed by atoms with Crippen LogP contribution >= 0.6 is 0 Å². The van der Waals surface area contributed by atoms with Crippen LogP contribution in [0.3, 0.4) is 0 Å². The average Bonchev–Trinajstić information content (AvgIpc) is 3.12. The van der Waals surface area contributed by atoms with Gasteiger partial charge in [0.15, 0.2) is 0 Å². The van der Waals surface area contributed by atoms with Crippen LogP contribution in [-0.2, 0) is 11.3 Å². The van der Waals surface area contributed by atoms with Crippen molar-refractivity contribution in [2.45, 2.75) is 38.8 Å². The lowest BCUT2D eigenvalue weighted by atomic mass is 9.96. The number of nitrogens with two attached hydrogens (primary N) is 1. The van der Waals surface area contributed by atoms with Crippen molar-refractivity contribution in [2.75, 3.05) is 11.9 Å². The summed E-state index contributed by atoms with van der Waals surface area (Å²) in [5, 5.41) is 3.38. The van der Waals surface area contributed by atoms with Crippen LogP contribution in [-0.4, -0.2) is 27.9 Å². The molecule has 160 valence electrons. The van der Waals surface area contributed by atoms with Gasteiger partial charge >= 0.3 is 11.6 Å². The highest BCUT2D eigenvalue weighted by Crippen LogP contribution is 2.31. The van der Waals surface area contributed by atoms with Crippen molar-refractivity contribution in [3.63, 3.8) is 0 Å². The first-order chi connectivity index (χ1) is 14.9. The molecule has 0 aliphatic carbocycles. The molecule has 0 radical (unpaired) electrons. The van der Waals surface area contributed by atoms with Gasteiger partial charge in [0.2, 0.25) is 5.91 Å². The highest BCUT2D eigenvalue weighted by molar-refractivity contribution is 5.85. The van der Waals surface area contributed by atoms with Crippen molar-refractivity contribution >= 4 is 28.9 Å². The Kier molecular flexibility index (Phi) is 5.61. The number of carbonyl (C=O) groups excluding carboxylic acids is 1. The van der Waals surface area contributed by atoms with Gasteiger partial charge in [-0.1, -0.05) is 36.4 Å². The maximum absolute atomic E-state index is 12.7. The number of anilines is 1. The number of primary amides is 1. The molecule has 3 aromatic rings. The number of nitrogens with zero attached hydrogens (tertiary/aromatic N) is 2. The fourth-order valence-corrected chi connectivity index (χ4v) is 4.13. The molecule has 31 heavy (non-hydrogen) atoms. The van der Waals surface area contributed by atoms with Gasteiger partial charge in [0.25, 0.3) is 0 Å². The SMILES string of the molecule is Cc1c(CN2CCC[C@@]2(C)C(N)=O)ccc2nc(NC=Cc3ccccc3)oc(=O)c12. The molecule has 2 aromatic carbocycles. The molecule has 7 nitrogen and oxygen atoms in total. The van der Waals surface area contributed by atoms with Crippen molar-refractivity contribution in [3.05, 3.63) is 75.8 Å². The maximum atomic E-state index is 12.7. The largest absolute Gasteiger partial charge is 0.388 e. The van der Waals surface area contributed by atoms with Gasteiger partial charge in [0.1, 0.15) is 0 Å². The smallest absolute Gasteiger partial charge is 0.348 e. The van der Waals surface area contributed by atoms with E-state index in [0.29, 0.717) is 17.4 Å². The fraction of sp³-hybridized carbons (Fsp3) is 0.292. The number of carbonyl (C=O) groups is 1. The molecule has 1 saturated heterocycles. The predicted octanol–water partition coefficient (Wildman–Crippen LogP) is 3.42. The van der Waals surface area contributed by atoms with Crippen molar-refractivity contribution in [1.82, 2.24) is 9.88 Å². The molecule has 0 unspecified atom stereocenters. The number of rotatable bonds is 6. The van der Waals surface area contributed by atoms with Crippen LogP contribution in [0.25, 0.3) is 17.0 Å². The number of amides is 1. The van der Waals surface area contributed by atoms with E-state index in [9.17, 15) is 9.59 Å². The van der Waals surface area contributed by atoms with Gasteiger partial charge in [-0.15, -0.1) is 0 Å². The number of nitrogens with one attached hydrogen (secondary N) is 1. The number of hydrogen-bond donors (Lipinski definition) is 2. The van der Waals surface area contributed by atoms with Crippen LogP contribution in [0.15, 0.2) is 57.9 Å². The predicted molar refractivity (Wildman–Crippen MR) is 121 cm³/mol. The van der Waals surface area contributed by atoms with E-state index in [-0.39, 0.29) is 11.9 Å². The Morgan fingerprint density at radius 3 is 2.81 bits per heavy atom. The molecule has 2 heterocycles. The van der Waals surface area contributed by atoms with Crippen LogP contribution in [0.5, 0.6) is 0 Å². The van der Waals surface area contributed by atoms with Crippen LogP contribution in [0.1, 0.15) is 36.5 Å². The van der Waals surface area contributed by atoms with Crippen LogP contribution < -0.4 is 16.7 Å². The van der Waals surface area contributed by atoms with Crippen molar-refractivity contribution in [2.24, 2.45) is 5.73 Å². The van der Waals surface area contributed by atoms with Crippen molar-refractivity contribution < 1.29 is 9.21 Å². The summed E-state index contributed by atoms with van der Waals surface area (Å²) in [4.78, 5) is 31.2. The second kappa shape index (κ2) is 8.35. The van der Waals surface area contributed by atoms with E-state index in [0.717, 1.165) is 36.1 Å².